The van der Waals surface area contributed by atoms with Crippen molar-refractivity contribution in [2.45, 2.75) is 13.8 Å². The normalized spacial score (nSPS) is 21.3. The standard InChI is InChI=1S/C7H12ClN2/c1-3-10(4-2)6-5-9-7(10)8/h5-6H,3-4H2,1-2H3/q+1. The third kappa shape index (κ3) is 0.976. The molecular weight excluding hydrogens is 148 g/mol. The molecule has 0 unspecified atom stereocenters. The van der Waals surface area contributed by atoms with Crippen molar-refractivity contribution >= 4 is 16.9 Å². The van der Waals surface area contributed by atoms with Crippen LogP contribution in [0.3, 0.4) is 0 Å². The zero-order chi connectivity index (χ0) is 7.61. The Balaban J connectivity index is 2.84. The van der Waals surface area contributed by atoms with Crippen LogP contribution in [0.2, 0.25) is 0 Å². The highest BCUT2D eigenvalue weighted by atomic mass is 35.5. The zero-order valence-corrected chi connectivity index (χ0v) is 7.10. The van der Waals surface area contributed by atoms with Gasteiger partial charge >= 0.3 is 5.29 Å². The number of halogens is 1. The molecule has 0 saturated carbocycles. The average molecular weight is 160 g/mol. The maximum Gasteiger partial charge on any atom is 0.304 e. The van der Waals surface area contributed by atoms with Gasteiger partial charge in [-0.25, -0.2) is 4.48 Å². The van der Waals surface area contributed by atoms with E-state index in [1.807, 2.05) is 6.20 Å². The second kappa shape index (κ2) is 2.72. The highest BCUT2D eigenvalue weighted by Gasteiger charge is 2.29. The van der Waals surface area contributed by atoms with Gasteiger partial charge in [0.25, 0.3) is 0 Å². The summed E-state index contributed by atoms with van der Waals surface area (Å²) in [5.74, 6) is 0. The smallest absolute Gasteiger partial charge is 0.237 e. The predicted molar refractivity (Wildman–Crippen MR) is 43.8 cm³/mol. The molecule has 0 N–H and O–H groups in total. The minimum absolute atomic E-state index is 0.685. The van der Waals surface area contributed by atoms with Crippen molar-refractivity contribution < 1.29 is 4.48 Å². The molecule has 0 fully saturated rings. The molecular formula is C7H12ClN2+. The second-order valence-corrected chi connectivity index (χ2v) is 2.70. The Kier molecular flexibility index (Phi) is 2.11. The maximum atomic E-state index is 5.89. The molecule has 3 heteroatoms. The first kappa shape index (κ1) is 7.76. The van der Waals surface area contributed by atoms with Gasteiger partial charge in [0.1, 0.15) is 6.20 Å². The molecule has 1 aliphatic rings. The van der Waals surface area contributed by atoms with E-state index < -0.39 is 0 Å². The van der Waals surface area contributed by atoms with E-state index in [-0.39, 0.29) is 0 Å². The molecule has 0 atom stereocenters. The van der Waals surface area contributed by atoms with Crippen molar-refractivity contribution in [1.29, 1.82) is 0 Å². The third-order valence-electron chi connectivity index (χ3n) is 2.03. The van der Waals surface area contributed by atoms with Gasteiger partial charge in [-0.05, 0) is 13.8 Å². The summed E-state index contributed by atoms with van der Waals surface area (Å²) in [4.78, 5) is 4.01. The van der Waals surface area contributed by atoms with Gasteiger partial charge in [0.05, 0.1) is 19.3 Å². The van der Waals surface area contributed by atoms with Crippen LogP contribution >= 0.6 is 11.6 Å². The van der Waals surface area contributed by atoms with Crippen molar-refractivity contribution in [2.24, 2.45) is 4.99 Å². The molecule has 0 amide bonds. The first-order valence-corrected chi connectivity index (χ1v) is 3.91. The molecule has 0 bridgehead atoms. The van der Waals surface area contributed by atoms with Gasteiger partial charge in [0.15, 0.2) is 0 Å². The summed E-state index contributed by atoms with van der Waals surface area (Å²) >= 11 is 5.89. The van der Waals surface area contributed by atoms with Crippen LogP contribution in [-0.4, -0.2) is 22.9 Å². The summed E-state index contributed by atoms with van der Waals surface area (Å²) < 4.78 is 0.710. The second-order valence-electron chi connectivity index (χ2n) is 2.36. The molecule has 1 aliphatic heterocycles. The fourth-order valence-corrected chi connectivity index (χ4v) is 1.45. The summed E-state index contributed by atoms with van der Waals surface area (Å²) in [5, 5.41) is 0.685. The minimum Gasteiger partial charge on any atom is -0.237 e. The quantitative estimate of drug-likeness (QED) is 0.431. The Hall–Kier alpha value is -0.340. The van der Waals surface area contributed by atoms with Gasteiger partial charge in [-0.3, -0.25) is 0 Å². The number of rotatable bonds is 2. The van der Waals surface area contributed by atoms with Crippen molar-refractivity contribution in [3.8, 4) is 0 Å². The van der Waals surface area contributed by atoms with Crippen LogP contribution in [0, 0.1) is 0 Å². The van der Waals surface area contributed by atoms with E-state index in [1.54, 1.807) is 6.20 Å². The first-order valence-electron chi connectivity index (χ1n) is 3.53. The largest absolute Gasteiger partial charge is 0.304 e. The Morgan fingerprint density at radius 2 is 2.10 bits per heavy atom. The van der Waals surface area contributed by atoms with Gasteiger partial charge in [-0.15, -0.1) is 0 Å². The number of hydrogen-bond acceptors (Lipinski definition) is 1. The SMILES string of the molecule is CC[N+]1(CC)C=CN=C1Cl. The lowest BCUT2D eigenvalue weighted by Crippen LogP contribution is -2.43. The van der Waals surface area contributed by atoms with Crippen LogP contribution in [0.15, 0.2) is 17.4 Å². The molecule has 0 aromatic rings. The van der Waals surface area contributed by atoms with E-state index in [9.17, 15) is 0 Å². The minimum atomic E-state index is 0.685. The molecule has 1 heterocycles. The summed E-state index contributed by atoms with van der Waals surface area (Å²) in [6.07, 6.45) is 3.80. The van der Waals surface area contributed by atoms with Crippen LogP contribution in [0.1, 0.15) is 13.8 Å². The molecule has 2 nitrogen and oxygen atoms in total. The zero-order valence-electron chi connectivity index (χ0n) is 6.34. The van der Waals surface area contributed by atoms with E-state index in [4.69, 9.17) is 11.6 Å². The van der Waals surface area contributed by atoms with Crippen molar-refractivity contribution in [2.75, 3.05) is 13.1 Å². The monoisotopic (exact) mass is 159 g/mol. The summed E-state index contributed by atoms with van der Waals surface area (Å²) in [6.45, 7) is 6.18. The van der Waals surface area contributed by atoms with E-state index in [2.05, 4.69) is 18.8 Å². The van der Waals surface area contributed by atoms with E-state index in [0.717, 1.165) is 13.1 Å². The molecule has 1 rings (SSSR count). The van der Waals surface area contributed by atoms with Crippen LogP contribution < -0.4 is 0 Å². The van der Waals surface area contributed by atoms with E-state index >= 15 is 0 Å². The van der Waals surface area contributed by atoms with Gasteiger partial charge < -0.3 is 0 Å². The van der Waals surface area contributed by atoms with E-state index in [0.29, 0.717) is 9.78 Å². The van der Waals surface area contributed by atoms with Gasteiger partial charge in [-0.2, -0.15) is 4.99 Å². The summed E-state index contributed by atoms with van der Waals surface area (Å²) in [5.41, 5.74) is 0. The Morgan fingerprint density at radius 1 is 1.50 bits per heavy atom. The molecule has 0 aromatic carbocycles. The van der Waals surface area contributed by atoms with Crippen LogP contribution in [-0.2, 0) is 0 Å². The summed E-state index contributed by atoms with van der Waals surface area (Å²) in [7, 11) is 0. The average Bonchev–Trinajstić information content (AvgIpc) is 2.32. The maximum absolute atomic E-state index is 5.89. The van der Waals surface area contributed by atoms with Crippen molar-refractivity contribution in [3.05, 3.63) is 12.4 Å². The third-order valence-corrected chi connectivity index (χ3v) is 2.46. The number of nitrogens with zero attached hydrogens (tertiary/aromatic N) is 2. The Morgan fingerprint density at radius 3 is 2.30 bits per heavy atom. The molecule has 0 spiro atoms. The predicted octanol–water partition coefficient (Wildman–Crippen LogP) is 1.92. The van der Waals surface area contributed by atoms with Crippen LogP contribution in [0.5, 0.6) is 0 Å². The first-order chi connectivity index (χ1) is 4.75. The fourth-order valence-electron chi connectivity index (χ4n) is 1.09. The molecule has 0 aromatic heterocycles. The lowest BCUT2D eigenvalue weighted by molar-refractivity contribution is -0.778. The lowest BCUT2D eigenvalue weighted by Gasteiger charge is -2.25. The van der Waals surface area contributed by atoms with Crippen LogP contribution in [0.4, 0.5) is 0 Å². The van der Waals surface area contributed by atoms with Crippen molar-refractivity contribution in [3.63, 3.8) is 0 Å². The topological polar surface area (TPSA) is 12.4 Å². The summed E-state index contributed by atoms with van der Waals surface area (Å²) in [6, 6.07) is 0. The molecule has 56 valence electrons. The van der Waals surface area contributed by atoms with Crippen LogP contribution in [0.25, 0.3) is 0 Å². The van der Waals surface area contributed by atoms with Gasteiger partial charge in [0, 0.05) is 11.6 Å². The van der Waals surface area contributed by atoms with Gasteiger partial charge in [-0.1, -0.05) is 0 Å². The molecule has 0 radical (unpaired) electrons. The highest BCUT2D eigenvalue weighted by Crippen LogP contribution is 2.17. The number of amidine groups is 1. The lowest BCUT2D eigenvalue weighted by atomic mass is 10.4. The molecule has 0 saturated heterocycles. The molecule has 10 heavy (non-hydrogen) atoms. The number of aliphatic imine (C=N–C) groups is 1. The number of quaternary nitrogens is 1. The highest BCUT2D eigenvalue weighted by molar-refractivity contribution is 6.62. The van der Waals surface area contributed by atoms with Crippen molar-refractivity contribution in [1.82, 2.24) is 0 Å². The van der Waals surface area contributed by atoms with Gasteiger partial charge in [0.2, 0.25) is 0 Å². The molecule has 0 aliphatic carbocycles. The van der Waals surface area contributed by atoms with E-state index in [1.165, 1.54) is 0 Å². The Bertz CT molecular complexity index is 180. The fraction of sp³-hybridized carbons (Fsp3) is 0.571. The Labute approximate surface area is 66.4 Å². The number of hydrogen-bond donors (Lipinski definition) is 0.